The molecule has 6 heteroatoms. The van der Waals surface area contributed by atoms with E-state index in [0.717, 1.165) is 51.0 Å². The molecule has 0 aromatic heterocycles. The predicted octanol–water partition coefficient (Wildman–Crippen LogP) is 5.49. The van der Waals surface area contributed by atoms with Gasteiger partial charge >= 0.3 is 0 Å². The van der Waals surface area contributed by atoms with Gasteiger partial charge in [0, 0.05) is 50.3 Å². The van der Waals surface area contributed by atoms with Crippen LogP contribution in [0.1, 0.15) is 48.4 Å². The lowest BCUT2D eigenvalue weighted by Gasteiger charge is -2.47. The maximum atomic E-state index is 13.9. The number of likely N-dealkylation sites (tertiary alicyclic amines) is 1. The van der Waals surface area contributed by atoms with Crippen molar-refractivity contribution in [3.05, 3.63) is 82.9 Å². The van der Waals surface area contributed by atoms with Crippen LogP contribution in [0.3, 0.4) is 0 Å². The Balaban J connectivity index is 1.29. The molecule has 0 radical (unpaired) electrons. The largest absolute Gasteiger partial charge is 0.337 e. The summed E-state index contributed by atoms with van der Waals surface area (Å²) in [5.74, 6) is 0.257. The Kier molecular flexibility index (Phi) is 11.4. The zero-order chi connectivity index (χ0) is 32.1. The Labute approximate surface area is 273 Å². The van der Waals surface area contributed by atoms with Gasteiger partial charge in [-0.25, -0.2) is 0 Å². The molecule has 1 amide bonds. The van der Waals surface area contributed by atoms with Crippen molar-refractivity contribution in [1.82, 2.24) is 24.5 Å². The smallest absolute Gasteiger partial charge is 0.227 e. The van der Waals surface area contributed by atoms with Crippen molar-refractivity contribution in [2.45, 2.75) is 77.0 Å². The second kappa shape index (κ2) is 15.2. The molecule has 2 fully saturated rings. The monoisotopic (exact) mass is 611 g/mol. The summed E-state index contributed by atoms with van der Waals surface area (Å²) >= 11 is 0. The summed E-state index contributed by atoms with van der Waals surface area (Å²) in [6.45, 7) is 12.9. The second-order valence-electron chi connectivity index (χ2n) is 14.4. The third-order valence-electron chi connectivity index (χ3n) is 10.6. The number of rotatable bonds is 12. The summed E-state index contributed by atoms with van der Waals surface area (Å²) in [5.41, 5.74) is 5.26. The highest BCUT2D eigenvalue weighted by molar-refractivity contribution is 5.85. The predicted molar refractivity (Wildman–Crippen MR) is 189 cm³/mol. The number of hydrogen-bond donors (Lipinski definition) is 0. The molecule has 45 heavy (non-hydrogen) atoms. The first-order valence-electron chi connectivity index (χ1n) is 17.2. The Morgan fingerprint density at radius 3 is 2.44 bits per heavy atom. The molecule has 0 saturated carbocycles. The average molecular weight is 612 g/mol. The molecule has 4 atom stereocenters. The van der Waals surface area contributed by atoms with Crippen LogP contribution in [0.5, 0.6) is 0 Å². The fraction of sp³-hybridized carbons (Fsp3) is 0.564. The molecular weight excluding hydrogens is 554 g/mol. The summed E-state index contributed by atoms with van der Waals surface area (Å²) < 4.78 is 0. The highest BCUT2D eigenvalue weighted by atomic mass is 16.2. The Bertz CT molecular complexity index is 1420. The van der Waals surface area contributed by atoms with Gasteiger partial charge in [-0.1, -0.05) is 66.2 Å². The number of fused-ring (bicyclic) bond motifs is 1. The Morgan fingerprint density at radius 2 is 1.73 bits per heavy atom. The molecule has 2 aliphatic heterocycles. The molecule has 6 nitrogen and oxygen atoms in total. The van der Waals surface area contributed by atoms with E-state index < -0.39 is 0 Å². The van der Waals surface area contributed by atoms with Gasteiger partial charge < -0.3 is 19.6 Å². The van der Waals surface area contributed by atoms with Crippen LogP contribution >= 0.6 is 0 Å². The van der Waals surface area contributed by atoms with Gasteiger partial charge in [-0.3, -0.25) is 9.69 Å². The third kappa shape index (κ3) is 8.74. The molecule has 0 N–H and O–H groups in total. The summed E-state index contributed by atoms with van der Waals surface area (Å²) in [5, 5.41) is 2.43. The van der Waals surface area contributed by atoms with Crippen LogP contribution in [0.4, 0.5) is 0 Å². The van der Waals surface area contributed by atoms with Gasteiger partial charge in [-0.2, -0.15) is 0 Å². The molecule has 4 unspecified atom stereocenters. The van der Waals surface area contributed by atoms with E-state index in [2.05, 4.69) is 134 Å². The Hall–Kier alpha value is -2.77. The van der Waals surface area contributed by atoms with E-state index in [4.69, 9.17) is 0 Å². The molecule has 3 aromatic carbocycles. The molecule has 244 valence electrons. The zero-order valence-electron chi connectivity index (χ0n) is 29.0. The van der Waals surface area contributed by atoms with Gasteiger partial charge in [0.1, 0.15) is 0 Å². The molecule has 0 aliphatic carbocycles. The number of amides is 1. The highest BCUT2D eigenvalue weighted by Gasteiger charge is 2.35. The second-order valence-corrected chi connectivity index (χ2v) is 14.4. The molecule has 2 aliphatic rings. The maximum Gasteiger partial charge on any atom is 0.227 e. The van der Waals surface area contributed by atoms with Crippen LogP contribution in [0.15, 0.2) is 60.7 Å². The lowest BCUT2D eigenvalue weighted by molar-refractivity contribution is -0.137. The minimum atomic E-state index is 0.190. The van der Waals surface area contributed by atoms with Crippen molar-refractivity contribution in [1.29, 1.82) is 0 Å². The van der Waals surface area contributed by atoms with Gasteiger partial charge in [0.2, 0.25) is 5.91 Å². The summed E-state index contributed by atoms with van der Waals surface area (Å²) in [6, 6.07) is 23.4. The summed E-state index contributed by atoms with van der Waals surface area (Å²) in [7, 11) is 8.99. The van der Waals surface area contributed by atoms with Crippen molar-refractivity contribution >= 4 is 16.7 Å². The third-order valence-corrected chi connectivity index (χ3v) is 10.6. The molecular formula is C39H57N5O. The number of likely N-dealkylation sites (N-methyl/N-ethyl adjacent to an activating group) is 3. The van der Waals surface area contributed by atoms with Crippen LogP contribution in [0, 0.1) is 13.8 Å². The standard InChI is InChI=1S/C39H57N5O/c1-29-14-16-34(30(2)21-29)24-38(40(4)5)27-43-25-31(3)44(28-37(43)13-10-19-42(7)36-18-20-41(6)26-36)39(45)23-32-15-17-33-11-8-9-12-35(33)22-32/h8-9,11-12,14-17,21-22,31,36-38H,10,13,18-20,23-28H2,1-7H3. The van der Waals surface area contributed by atoms with Gasteiger partial charge in [-0.15, -0.1) is 0 Å². The van der Waals surface area contributed by atoms with E-state index in [0.29, 0.717) is 24.5 Å². The number of hydrogen-bond acceptors (Lipinski definition) is 5. The molecule has 2 saturated heterocycles. The van der Waals surface area contributed by atoms with E-state index in [1.165, 1.54) is 47.0 Å². The van der Waals surface area contributed by atoms with Crippen molar-refractivity contribution in [3.63, 3.8) is 0 Å². The number of carbonyl (C=O) groups excluding carboxylic acids is 1. The fourth-order valence-corrected chi connectivity index (χ4v) is 7.62. The normalized spacial score (nSPS) is 22.2. The lowest BCUT2D eigenvalue weighted by Crippen LogP contribution is -2.61. The van der Waals surface area contributed by atoms with Crippen LogP contribution in [0.2, 0.25) is 0 Å². The summed E-state index contributed by atoms with van der Waals surface area (Å²) in [6.07, 6.45) is 5.04. The number of benzene rings is 3. The van der Waals surface area contributed by atoms with E-state index in [-0.39, 0.29) is 11.9 Å². The molecule has 2 heterocycles. The van der Waals surface area contributed by atoms with Gasteiger partial charge in [0.25, 0.3) is 0 Å². The van der Waals surface area contributed by atoms with Crippen LogP contribution < -0.4 is 0 Å². The summed E-state index contributed by atoms with van der Waals surface area (Å²) in [4.78, 5) is 26.2. The highest BCUT2D eigenvalue weighted by Crippen LogP contribution is 2.24. The van der Waals surface area contributed by atoms with Crippen molar-refractivity contribution in [2.24, 2.45) is 0 Å². The van der Waals surface area contributed by atoms with E-state index in [1.54, 1.807) is 0 Å². The SMILES string of the molecule is Cc1ccc(CC(CN2CC(C)N(C(=O)Cc3ccc4ccccc4c3)CC2CCCN(C)C2CCN(C)C2)N(C)C)c(C)c1. The lowest BCUT2D eigenvalue weighted by atomic mass is 9.96. The minimum Gasteiger partial charge on any atom is -0.337 e. The first-order chi connectivity index (χ1) is 21.6. The van der Waals surface area contributed by atoms with E-state index in [1.807, 2.05) is 0 Å². The van der Waals surface area contributed by atoms with Gasteiger partial charge in [0.05, 0.1) is 6.42 Å². The average Bonchev–Trinajstić information content (AvgIpc) is 3.45. The topological polar surface area (TPSA) is 33.3 Å². The van der Waals surface area contributed by atoms with Gasteiger partial charge in [0.15, 0.2) is 0 Å². The minimum absolute atomic E-state index is 0.190. The fourth-order valence-electron chi connectivity index (χ4n) is 7.62. The molecule has 3 aromatic rings. The van der Waals surface area contributed by atoms with E-state index >= 15 is 0 Å². The van der Waals surface area contributed by atoms with Gasteiger partial charge in [-0.05, 0) is 115 Å². The number of aryl methyl sites for hydroxylation is 2. The maximum absolute atomic E-state index is 13.9. The first kappa shape index (κ1) is 33.6. The van der Waals surface area contributed by atoms with Crippen molar-refractivity contribution in [2.75, 3.05) is 67.5 Å². The van der Waals surface area contributed by atoms with Crippen LogP contribution in [-0.2, 0) is 17.6 Å². The molecule has 0 spiro atoms. The quantitative estimate of drug-likeness (QED) is 0.271. The zero-order valence-corrected chi connectivity index (χ0v) is 29.0. The van der Waals surface area contributed by atoms with E-state index in [9.17, 15) is 4.79 Å². The van der Waals surface area contributed by atoms with Crippen LogP contribution in [-0.4, -0.2) is 122 Å². The number of carbonyl (C=O) groups is 1. The Morgan fingerprint density at radius 1 is 0.956 bits per heavy atom. The van der Waals surface area contributed by atoms with Crippen molar-refractivity contribution in [3.8, 4) is 0 Å². The molecule has 5 rings (SSSR count). The van der Waals surface area contributed by atoms with Crippen molar-refractivity contribution < 1.29 is 4.79 Å². The first-order valence-corrected chi connectivity index (χ1v) is 17.2. The number of nitrogens with zero attached hydrogens (tertiary/aromatic N) is 5. The molecule has 0 bridgehead atoms. The van der Waals surface area contributed by atoms with Crippen LogP contribution in [0.25, 0.3) is 10.8 Å². The number of piperazine rings is 1.